The van der Waals surface area contributed by atoms with E-state index in [-0.39, 0.29) is 34.6 Å². The van der Waals surface area contributed by atoms with Crippen molar-refractivity contribution in [2.75, 3.05) is 24.5 Å². The number of benzene rings is 3. The number of nitrogens with one attached hydrogen (secondary N) is 1. The fourth-order valence-electron chi connectivity index (χ4n) is 3.99. The summed E-state index contributed by atoms with van der Waals surface area (Å²) >= 11 is 0. The highest BCUT2D eigenvalue weighted by atomic mass is 32.2. The van der Waals surface area contributed by atoms with Crippen molar-refractivity contribution in [1.29, 1.82) is 0 Å². The second-order valence-corrected chi connectivity index (χ2v) is 11.6. The highest BCUT2D eigenvalue weighted by Gasteiger charge is 2.32. The Labute approximate surface area is 239 Å². The maximum atomic E-state index is 13.9. The van der Waals surface area contributed by atoms with Gasteiger partial charge in [-0.3, -0.25) is 24.0 Å². The van der Waals surface area contributed by atoms with Crippen LogP contribution >= 0.6 is 0 Å². The van der Waals surface area contributed by atoms with Crippen LogP contribution in [0.25, 0.3) is 0 Å². The molecule has 12 heteroatoms. The van der Waals surface area contributed by atoms with Gasteiger partial charge in [-0.2, -0.15) is 0 Å². The van der Waals surface area contributed by atoms with Crippen LogP contribution in [0.2, 0.25) is 0 Å². The number of carbonyl (C=O) groups excluding carboxylic acids is 2. The molecule has 0 fully saturated rings. The fraction of sp³-hybridized carbons (Fsp3) is 0.310. The minimum atomic E-state index is -4.27. The monoisotopic (exact) mass is 582 g/mol. The van der Waals surface area contributed by atoms with E-state index >= 15 is 0 Å². The zero-order valence-electron chi connectivity index (χ0n) is 23.4. The van der Waals surface area contributed by atoms with Crippen LogP contribution in [0.1, 0.15) is 26.3 Å². The largest absolute Gasteiger partial charge is 0.497 e. The molecule has 2 amide bonds. The molecule has 0 heterocycles. The first-order valence-corrected chi connectivity index (χ1v) is 14.4. The Hall–Kier alpha value is -4.45. The highest BCUT2D eigenvalue weighted by molar-refractivity contribution is 7.92. The summed E-state index contributed by atoms with van der Waals surface area (Å²) in [6, 6.07) is 18.5. The number of nitrogens with zero attached hydrogens (tertiary/aromatic N) is 3. The van der Waals surface area contributed by atoms with E-state index in [0.29, 0.717) is 17.9 Å². The van der Waals surface area contributed by atoms with Crippen molar-refractivity contribution in [2.45, 2.75) is 38.3 Å². The number of sulfonamides is 1. The van der Waals surface area contributed by atoms with Crippen LogP contribution in [0.5, 0.6) is 5.75 Å². The number of ether oxygens (including phenoxy) is 1. The van der Waals surface area contributed by atoms with Gasteiger partial charge in [0, 0.05) is 25.2 Å². The minimum Gasteiger partial charge on any atom is -0.497 e. The Bertz CT molecular complexity index is 1460. The summed E-state index contributed by atoms with van der Waals surface area (Å²) in [5.41, 5.74) is 0.507. The summed E-state index contributed by atoms with van der Waals surface area (Å²) in [5.74, 6) is -0.283. The van der Waals surface area contributed by atoms with Crippen LogP contribution in [-0.4, -0.2) is 56.3 Å². The van der Waals surface area contributed by atoms with Crippen molar-refractivity contribution < 1.29 is 27.7 Å². The molecule has 0 aliphatic carbocycles. The van der Waals surface area contributed by atoms with E-state index in [0.717, 1.165) is 4.31 Å². The standard InChI is InChI=1S/C29H34N4O7S/c1-21(2)18-30-29(35)22(3)31(19-23-9-8-10-26(17-23)40-4)28(34)20-32(24-13-15-25(16-14-24)33(36)37)41(38,39)27-11-6-5-7-12-27/h5-17,21-22H,18-20H2,1-4H3,(H,30,35)/t22-/m0/s1. The molecule has 218 valence electrons. The molecule has 3 aromatic carbocycles. The number of carbonyl (C=O) groups is 2. The molecule has 1 atom stereocenters. The molecule has 0 unspecified atom stereocenters. The van der Waals surface area contributed by atoms with E-state index < -0.39 is 33.4 Å². The van der Waals surface area contributed by atoms with Gasteiger partial charge in [-0.05, 0) is 54.8 Å². The highest BCUT2D eigenvalue weighted by Crippen LogP contribution is 2.26. The van der Waals surface area contributed by atoms with Crippen molar-refractivity contribution in [3.63, 3.8) is 0 Å². The first kappa shape index (κ1) is 31.1. The van der Waals surface area contributed by atoms with Gasteiger partial charge in [0.2, 0.25) is 11.8 Å². The van der Waals surface area contributed by atoms with E-state index in [2.05, 4.69) is 5.32 Å². The van der Waals surface area contributed by atoms with E-state index in [1.54, 1.807) is 49.4 Å². The number of anilines is 1. The lowest BCUT2D eigenvalue weighted by molar-refractivity contribution is -0.384. The van der Waals surface area contributed by atoms with E-state index in [1.807, 2.05) is 13.8 Å². The van der Waals surface area contributed by atoms with Crippen LogP contribution in [0.15, 0.2) is 83.8 Å². The number of non-ortho nitro benzene ring substituents is 1. The number of hydrogen-bond acceptors (Lipinski definition) is 7. The van der Waals surface area contributed by atoms with Crippen LogP contribution in [0.4, 0.5) is 11.4 Å². The van der Waals surface area contributed by atoms with Crippen molar-refractivity contribution in [2.24, 2.45) is 5.92 Å². The van der Waals surface area contributed by atoms with E-state index in [1.165, 1.54) is 48.4 Å². The maximum absolute atomic E-state index is 13.9. The third-order valence-electron chi connectivity index (χ3n) is 6.30. The molecule has 41 heavy (non-hydrogen) atoms. The number of rotatable bonds is 13. The first-order chi connectivity index (χ1) is 19.4. The Morgan fingerprint density at radius 1 is 0.976 bits per heavy atom. The van der Waals surface area contributed by atoms with Crippen LogP contribution < -0.4 is 14.4 Å². The number of nitro groups is 1. The maximum Gasteiger partial charge on any atom is 0.269 e. The zero-order valence-corrected chi connectivity index (χ0v) is 24.2. The average Bonchev–Trinajstić information content (AvgIpc) is 2.97. The van der Waals surface area contributed by atoms with Crippen molar-refractivity contribution >= 4 is 33.2 Å². The number of hydrogen-bond donors (Lipinski definition) is 1. The predicted molar refractivity (Wildman–Crippen MR) is 155 cm³/mol. The molecule has 0 saturated carbocycles. The summed E-state index contributed by atoms with van der Waals surface area (Å²) < 4.78 is 33.7. The lowest BCUT2D eigenvalue weighted by Crippen LogP contribution is -2.51. The number of methoxy groups -OCH3 is 1. The summed E-state index contributed by atoms with van der Waals surface area (Å²) in [6.07, 6.45) is 0. The van der Waals surface area contributed by atoms with Gasteiger partial charge in [0.05, 0.1) is 22.6 Å². The fourth-order valence-corrected chi connectivity index (χ4v) is 5.43. The van der Waals surface area contributed by atoms with Gasteiger partial charge >= 0.3 is 0 Å². The van der Waals surface area contributed by atoms with Gasteiger partial charge in [-0.1, -0.05) is 44.2 Å². The second-order valence-electron chi connectivity index (χ2n) is 9.79. The minimum absolute atomic E-state index is 0.00574. The lowest BCUT2D eigenvalue weighted by Gasteiger charge is -2.32. The molecule has 11 nitrogen and oxygen atoms in total. The summed E-state index contributed by atoms with van der Waals surface area (Å²) in [4.78, 5) is 38.8. The van der Waals surface area contributed by atoms with Gasteiger partial charge in [0.15, 0.2) is 0 Å². The van der Waals surface area contributed by atoms with Crippen LogP contribution in [0, 0.1) is 16.0 Å². The predicted octanol–water partition coefficient (Wildman–Crippen LogP) is 3.99. The SMILES string of the molecule is COc1cccc(CN(C(=O)CN(c2ccc([N+](=O)[O-])cc2)S(=O)(=O)c2ccccc2)[C@@H](C)C(=O)NCC(C)C)c1. The molecule has 0 aliphatic heterocycles. The Kier molecular flexibility index (Phi) is 10.4. The molecular formula is C29H34N4O7S. The van der Waals surface area contributed by atoms with Crippen molar-refractivity contribution in [3.05, 3.63) is 94.5 Å². The summed E-state index contributed by atoms with van der Waals surface area (Å²) in [5, 5.41) is 14.0. The normalized spacial score (nSPS) is 11.9. The van der Waals surface area contributed by atoms with E-state index in [9.17, 15) is 28.1 Å². The quantitative estimate of drug-likeness (QED) is 0.237. The molecule has 0 saturated heterocycles. The third kappa shape index (κ3) is 8.04. The molecule has 0 radical (unpaired) electrons. The third-order valence-corrected chi connectivity index (χ3v) is 8.09. The Morgan fingerprint density at radius 2 is 1.63 bits per heavy atom. The van der Waals surface area contributed by atoms with Gasteiger partial charge < -0.3 is 15.0 Å². The summed E-state index contributed by atoms with van der Waals surface area (Å²) in [7, 11) is -2.76. The molecule has 1 N–H and O–H groups in total. The van der Waals surface area contributed by atoms with E-state index in [4.69, 9.17) is 4.74 Å². The van der Waals surface area contributed by atoms with Crippen molar-refractivity contribution in [3.8, 4) is 5.75 Å². The zero-order chi connectivity index (χ0) is 30.2. The second kappa shape index (κ2) is 13.8. The van der Waals surface area contributed by atoms with Crippen molar-refractivity contribution in [1.82, 2.24) is 10.2 Å². The van der Waals surface area contributed by atoms with Crippen LogP contribution in [-0.2, 0) is 26.2 Å². The Balaban J connectivity index is 2.03. The van der Waals surface area contributed by atoms with Gasteiger partial charge in [0.25, 0.3) is 15.7 Å². The average molecular weight is 583 g/mol. The molecule has 0 spiro atoms. The molecule has 3 aromatic rings. The first-order valence-electron chi connectivity index (χ1n) is 13.0. The van der Waals surface area contributed by atoms with Gasteiger partial charge in [-0.15, -0.1) is 0 Å². The Morgan fingerprint density at radius 3 is 2.22 bits per heavy atom. The number of amides is 2. The molecular weight excluding hydrogens is 548 g/mol. The van der Waals surface area contributed by atoms with Crippen LogP contribution in [0.3, 0.4) is 0 Å². The molecule has 0 aliphatic rings. The topological polar surface area (TPSA) is 139 Å². The summed E-state index contributed by atoms with van der Waals surface area (Å²) in [6.45, 7) is 5.23. The lowest BCUT2D eigenvalue weighted by atomic mass is 10.1. The number of nitro benzene ring substituents is 1. The smallest absolute Gasteiger partial charge is 0.269 e. The molecule has 0 aromatic heterocycles. The van der Waals surface area contributed by atoms with Gasteiger partial charge in [0.1, 0.15) is 18.3 Å². The molecule has 0 bridgehead atoms. The van der Waals surface area contributed by atoms with Gasteiger partial charge in [-0.25, -0.2) is 8.42 Å². The molecule has 3 rings (SSSR count).